The highest BCUT2D eigenvalue weighted by atomic mass is 28.4. The van der Waals surface area contributed by atoms with Crippen molar-refractivity contribution in [1.82, 2.24) is 5.32 Å². The van der Waals surface area contributed by atoms with Crippen molar-refractivity contribution in [3.05, 3.63) is 23.8 Å². The maximum absolute atomic E-state index is 15.0. The molecule has 5 atom stereocenters. The van der Waals surface area contributed by atoms with Crippen molar-refractivity contribution in [3.8, 4) is 5.75 Å². The molecule has 1 aromatic rings. The smallest absolute Gasteiger partial charge is 0.247 e. The quantitative estimate of drug-likeness (QED) is 0.447. The molecule has 0 spiro atoms. The van der Waals surface area contributed by atoms with Gasteiger partial charge in [0.2, 0.25) is 14.3 Å². The zero-order chi connectivity index (χ0) is 21.9. The molecule has 6 nitrogen and oxygen atoms in total. The minimum Gasteiger partial charge on any atom is -0.490 e. The number of hydrogen-bond acceptors (Lipinski definition) is 5. The largest absolute Gasteiger partial charge is 0.490 e. The highest BCUT2D eigenvalue weighted by Gasteiger charge is 2.47. The third-order valence-corrected chi connectivity index (χ3v) is 8.86. The van der Waals surface area contributed by atoms with Gasteiger partial charge in [0.1, 0.15) is 11.9 Å². The van der Waals surface area contributed by atoms with E-state index < -0.39 is 8.41 Å². The predicted molar refractivity (Wildman–Crippen MR) is 118 cm³/mol. The van der Waals surface area contributed by atoms with E-state index in [0.717, 1.165) is 24.9 Å². The summed E-state index contributed by atoms with van der Waals surface area (Å²) in [5.41, 5.74) is 1.25. The van der Waals surface area contributed by atoms with Gasteiger partial charge >= 0.3 is 0 Å². The molecule has 0 aliphatic carbocycles. The lowest BCUT2D eigenvalue weighted by Crippen LogP contribution is -2.46. The number of halogens is 1. The van der Waals surface area contributed by atoms with Gasteiger partial charge in [-0.05, 0) is 57.1 Å². The van der Waals surface area contributed by atoms with Crippen LogP contribution in [0.5, 0.6) is 5.75 Å². The maximum Gasteiger partial charge on any atom is 0.247 e. The number of hydrogen-bond donors (Lipinski definition) is 3. The Kier molecular flexibility index (Phi) is 7.55. The lowest BCUT2D eigenvalue weighted by atomic mass is 9.86. The van der Waals surface area contributed by atoms with Gasteiger partial charge in [0.25, 0.3) is 0 Å². The number of carbonyl (C=O) groups is 1. The summed E-state index contributed by atoms with van der Waals surface area (Å²) in [7, 11) is -1.41. The van der Waals surface area contributed by atoms with Crippen LogP contribution in [0.1, 0.15) is 37.9 Å². The summed E-state index contributed by atoms with van der Waals surface area (Å²) in [6, 6.07) is 5.56. The van der Waals surface area contributed by atoms with Crippen LogP contribution in [-0.2, 0) is 9.53 Å². The Morgan fingerprint density at radius 3 is 2.83 bits per heavy atom. The molecule has 2 aliphatic heterocycles. The zero-order valence-electron chi connectivity index (χ0n) is 18.4. The molecular weight excluding hydrogens is 403 g/mol. The lowest BCUT2D eigenvalue weighted by Gasteiger charge is -2.43. The Morgan fingerprint density at radius 1 is 1.47 bits per heavy atom. The molecule has 3 N–H and O–H groups in total. The molecule has 0 saturated carbocycles. The molecule has 8 heteroatoms. The third kappa shape index (κ3) is 5.04. The SMILES string of the molecule is CO[C@H]1c2cc(NC(=O)C3CCCNC3)ccc2O[C@@H](C(CCO)[Si](C)(C)F)[C@@H]1C. The molecule has 168 valence electrons. The van der Waals surface area contributed by atoms with Crippen LogP contribution in [0.4, 0.5) is 9.80 Å². The summed E-state index contributed by atoms with van der Waals surface area (Å²) in [6.45, 7) is 6.94. The van der Waals surface area contributed by atoms with Gasteiger partial charge < -0.3 is 29.3 Å². The van der Waals surface area contributed by atoms with E-state index in [1.165, 1.54) is 0 Å². The normalized spacial score (nSPS) is 27.7. The molecule has 3 rings (SSSR count). The maximum atomic E-state index is 15.0. The summed E-state index contributed by atoms with van der Waals surface area (Å²) >= 11 is 0. The van der Waals surface area contributed by atoms with Crippen molar-refractivity contribution < 1.29 is 23.5 Å². The van der Waals surface area contributed by atoms with E-state index in [1.54, 1.807) is 20.2 Å². The van der Waals surface area contributed by atoms with E-state index in [2.05, 4.69) is 10.6 Å². The van der Waals surface area contributed by atoms with Crippen LogP contribution < -0.4 is 15.4 Å². The summed E-state index contributed by atoms with van der Waals surface area (Å²) < 4.78 is 27.1. The fraction of sp³-hybridized carbons (Fsp3) is 0.682. The van der Waals surface area contributed by atoms with Crippen molar-refractivity contribution in [2.75, 3.05) is 32.1 Å². The first kappa shape index (κ1) is 23.2. The van der Waals surface area contributed by atoms with Gasteiger partial charge in [-0.1, -0.05) is 6.92 Å². The number of nitrogens with one attached hydrogen (secondary N) is 2. The summed E-state index contributed by atoms with van der Waals surface area (Å²) in [4.78, 5) is 12.6. The first-order chi connectivity index (χ1) is 14.3. The summed E-state index contributed by atoms with van der Waals surface area (Å²) in [6.07, 6.45) is 1.63. The molecule has 0 aromatic heterocycles. The Morgan fingerprint density at radius 2 is 2.23 bits per heavy atom. The number of carbonyl (C=O) groups excluding carboxylic acids is 1. The molecule has 2 aliphatic rings. The number of fused-ring (bicyclic) bond motifs is 1. The van der Waals surface area contributed by atoms with Gasteiger partial charge in [-0.2, -0.15) is 0 Å². The summed E-state index contributed by atoms with van der Waals surface area (Å²) in [5, 5.41) is 15.8. The number of aliphatic hydroxyl groups is 1. The molecule has 1 fully saturated rings. The van der Waals surface area contributed by atoms with Crippen LogP contribution in [0.3, 0.4) is 0 Å². The molecule has 0 bridgehead atoms. The fourth-order valence-corrected chi connectivity index (χ4v) is 6.78. The number of ether oxygens (including phenoxy) is 2. The van der Waals surface area contributed by atoms with Crippen LogP contribution in [0.15, 0.2) is 18.2 Å². The monoisotopic (exact) mass is 438 g/mol. The number of aliphatic hydroxyl groups excluding tert-OH is 1. The molecule has 2 unspecified atom stereocenters. The van der Waals surface area contributed by atoms with Gasteiger partial charge in [0.05, 0.1) is 12.0 Å². The van der Waals surface area contributed by atoms with Gasteiger partial charge in [-0.3, -0.25) is 4.79 Å². The number of amides is 1. The summed E-state index contributed by atoms with van der Waals surface area (Å²) in [5.74, 6) is 0.564. The number of methoxy groups -OCH3 is 1. The first-order valence-electron chi connectivity index (χ1n) is 10.9. The minimum atomic E-state index is -3.06. The molecule has 1 aromatic carbocycles. The highest BCUT2D eigenvalue weighted by molar-refractivity contribution is 6.72. The second-order valence-corrected chi connectivity index (χ2v) is 12.9. The second-order valence-electron chi connectivity index (χ2n) is 9.07. The van der Waals surface area contributed by atoms with Gasteiger partial charge in [-0.15, -0.1) is 0 Å². The third-order valence-electron chi connectivity index (χ3n) is 6.48. The van der Waals surface area contributed by atoms with E-state index in [9.17, 15) is 9.90 Å². The van der Waals surface area contributed by atoms with Crippen LogP contribution in [-0.4, -0.2) is 52.3 Å². The van der Waals surface area contributed by atoms with Gasteiger partial charge in [0.15, 0.2) is 0 Å². The van der Waals surface area contributed by atoms with E-state index >= 15 is 4.11 Å². The van der Waals surface area contributed by atoms with Crippen molar-refractivity contribution in [1.29, 1.82) is 0 Å². The fourth-order valence-electron chi connectivity index (χ4n) is 4.81. The van der Waals surface area contributed by atoms with Crippen LogP contribution >= 0.6 is 0 Å². The lowest BCUT2D eigenvalue weighted by molar-refractivity contribution is -0.120. The topological polar surface area (TPSA) is 79.8 Å². The van der Waals surface area contributed by atoms with Crippen molar-refractivity contribution in [2.45, 2.75) is 57.0 Å². The average molecular weight is 439 g/mol. The van der Waals surface area contributed by atoms with Gasteiger partial charge in [0, 0.05) is 43.0 Å². The number of piperidine rings is 1. The molecule has 1 amide bonds. The Labute approximate surface area is 179 Å². The number of rotatable bonds is 7. The molecule has 0 radical (unpaired) electrons. The molecular formula is C22H35FN2O4Si. The predicted octanol–water partition coefficient (Wildman–Crippen LogP) is 3.64. The van der Waals surface area contributed by atoms with Crippen LogP contribution in [0.25, 0.3) is 0 Å². The minimum absolute atomic E-state index is 0.0203. The van der Waals surface area contributed by atoms with E-state index in [1.807, 2.05) is 25.1 Å². The molecule has 2 heterocycles. The number of anilines is 1. The standard InChI is InChI=1S/C22H35FN2O4Si/c1-14-20(28-2)17-12-16(25-22(27)15-6-5-10-24-13-15)7-8-18(17)29-21(14)19(9-11-26)30(3,4)23/h7-8,12,14-15,19-21,24,26H,5-6,9-11,13H2,1-4H3,(H,25,27)/t14-,15?,19?,20-,21-/m1/s1. The average Bonchev–Trinajstić information content (AvgIpc) is 2.72. The Balaban J connectivity index is 1.83. The molecule has 1 saturated heterocycles. The van der Waals surface area contributed by atoms with Crippen LogP contribution in [0.2, 0.25) is 18.6 Å². The van der Waals surface area contributed by atoms with Crippen molar-refractivity contribution in [2.24, 2.45) is 11.8 Å². The zero-order valence-corrected chi connectivity index (χ0v) is 19.4. The van der Waals surface area contributed by atoms with E-state index in [0.29, 0.717) is 24.4 Å². The van der Waals surface area contributed by atoms with Crippen LogP contribution in [0, 0.1) is 11.8 Å². The van der Waals surface area contributed by atoms with E-state index in [4.69, 9.17) is 9.47 Å². The Bertz CT molecular complexity index is 736. The van der Waals surface area contributed by atoms with Crippen molar-refractivity contribution in [3.63, 3.8) is 0 Å². The highest BCUT2D eigenvalue weighted by Crippen LogP contribution is 2.47. The molecule has 30 heavy (non-hydrogen) atoms. The van der Waals surface area contributed by atoms with E-state index in [-0.39, 0.29) is 42.1 Å². The first-order valence-corrected chi connectivity index (χ1v) is 13.9. The number of benzene rings is 1. The van der Waals surface area contributed by atoms with Crippen molar-refractivity contribution >= 4 is 20.0 Å². The second kappa shape index (κ2) is 9.76. The van der Waals surface area contributed by atoms with Gasteiger partial charge in [-0.25, -0.2) is 0 Å². The Hall–Kier alpha value is -1.48.